The van der Waals surface area contributed by atoms with Gasteiger partial charge in [-0.3, -0.25) is 0 Å². The maximum atomic E-state index is 12.5. The van der Waals surface area contributed by atoms with Gasteiger partial charge in [0.15, 0.2) is 9.84 Å². The number of sulfone groups is 1. The fraction of sp³-hybridized carbons (Fsp3) is 0.538. The first kappa shape index (κ1) is 11.6. The van der Waals surface area contributed by atoms with E-state index in [1.807, 2.05) is 6.07 Å². The smallest absolute Gasteiger partial charge is 0.162 e. The van der Waals surface area contributed by atoms with Crippen molar-refractivity contribution in [3.63, 3.8) is 0 Å². The molecule has 3 heteroatoms. The van der Waals surface area contributed by atoms with E-state index in [4.69, 9.17) is 1.37 Å². The van der Waals surface area contributed by atoms with Crippen LogP contribution in [0.1, 0.15) is 46.3 Å². The molecule has 0 spiro atoms. The Kier molecular flexibility index (Phi) is 3.33. The first-order valence-corrected chi connectivity index (χ1v) is 6.95. The van der Waals surface area contributed by atoms with Crippen LogP contribution in [-0.2, 0) is 9.84 Å². The normalized spacial score (nSPS) is 17.6. The zero-order valence-corrected chi connectivity index (χ0v) is 11.1. The SMILES string of the molecule is [2H][C@](CC)(c1ccccc1)S(=O)(=O)C(C)(C)C. The van der Waals surface area contributed by atoms with Gasteiger partial charge in [0.05, 0.1) is 11.3 Å². The van der Waals surface area contributed by atoms with Crippen LogP contribution in [0, 0.1) is 0 Å². The van der Waals surface area contributed by atoms with Crippen LogP contribution in [0.3, 0.4) is 0 Å². The summed E-state index contributed by atoms with van der Waals surface area (Å²) < 4.78 is 32.5. The highest BCUT2D eigenvalue weighted by Crippen LogP contribution is 2.33. The summed E-state index contributed by atoms with van der Waals surface area (Å²) in [5.74, 6) is 0. The number of rotatable bonds is 3. The summed E-state index contributed by atoms with van der Waals surface area (Å²) in [6, 6.07) is 8.78. The average Bonchev–Trinajstić information content (AvgIpc) is 2.27. The Morgan fingerprint density at radius 2 is 1.75 bits per heavy atom. The van der Waals surface area contributed by atoms with Crippen molar-refractivity contribution in [2.45, 2.75) is 44.1 Å². The van der Waals surface area contributed by atoms with E-state index in [-0.39, 0.29) is 6.42 Å². The summed E-state index contributed by atoms with van der Waals surface area (Å²) in [7, 11) is -3.57. The lowest BCUT2D eigenvalue weighted by Crippen LogP contribution is -2.32. The van der Waals surface area contributed by atoms with Gasteiger partial charge in [0, 0.05) is 0 Å². The highest BCUT2D eigenvalue weighted by Gasteiger charge is 2.36. The van der Waals surface area contributed by atoms with E-state index in [9.17, 15) is 8.42 Å². The Bertz CT molecular complexity index is 474. The van der Waals surface area contributed by atoms with Gasteiger partial charge in [0.1, 0.15) is 0 Å². The van der Waals surface area contributed by atoms with E-state index in [1.54, 1.807) is 52.0 Å². The largest absolute Gasteiger partial charge is 0.228 e. The van der Waals surface area contributed by atoms with E-state index in [0.29, 0.717) is 5.56 Å². The van der Waals surface area contributed by atoms with Crippen LogP contribution in [-0.4, -0.2) is 13.2 Å². The van der Waals surface area contributed by atoms with Gasteiger partial charge in [0.25, 0.3) is 0 Å². The fourth-order valence-corrected chi connectivity index (χ4v) is 3.11. The molecule has 0 unspecified atom stereocenters. The molecule has 0 saturated carbocycles. The molecule has 0 radical (unpaired) electrons. The van der Waals surface area contributed by atoms with Crippen LogP contribution in [0.15, 0.2) is 30.3 Å². The quantitative estimate of drug-likeness (QED) is 0.813. The highest BCUT2D eigenvalue weighted by atomic mass is 32.2. The van der Waals surface area contributed by atoms with Gasteiger partial charge in [-0.2, -0.15) is 0 Å². The van der Waals surface area contributed by atoms with Crippen LogP contribution in [0.25, 0.3) is 0 Å². The molecule has 1 atom stereocenters. The highest BCUT2D eigenvalue weighted by molar-refractivity contribution is 7.93. The molecule has 0 heterocycles. The van der Waals surface area contributed by atoms with Gasteiger partial charge in [0.2, 0.25) is 0 Å². The summed E-state index contributed by atoms with van der Waals surface area (Å²) in [5, 5.41) is -1.56. The van der Waals surface area contributed by atoms with Gasteiger partial charge >= 0.3 is 0 Å². The zero-order valence-electron chi connectivity index (χ0n) is 11.3. The molecule has 0 bridgehead atoms. The van der Waals surface area contributed by atoms with E-state index in [2.05, 4.69) is 0 Å². The third kappa shape index (κ3) is 2.46. The third-order valence-electron chi connectivity index (χ3n) is 2.55. The molecule has 0 aliphatic heterocycles. The standard InChI is InChI=1S/C13H20O2S/c1-5-12(11-9-7-6-8-10-11)16(14,15)13(2,3)4/h6-10,12H,5H2,1-4H3/t12-/m0/s1/i12D. The summed E-state index contributed by atoms with van der Waals surface area (Å²) >= 11 is 0. The number of benzene rings is 1. The number of hydrogen-bond acceptors (Lipinski definition) is 2. The maximum Gasteiger partial charge on any atom is 0.162 e. The second-order valence-electron chi connectivity index (χ2n) is 4.76. The second-order valence-corrected chi connectivity index (χ2v) is 7.48. The first-order valence-electron chi connectivity index (χ1n) is 5.96. The lowest BCUT2D eigenvalue weighted by molar-refractivity contribution is 0.543. The molecule has 0 aliphatic rings. The van der Waals surface area contributed by atoms with E-state index >= 15 is 0 Å². The van der Waals surface area contributed by atoms with Crippen LogP contribution >= 0.6 is 0 Å². The van der Waals surface area contributed by atoms with Gasteiger partial charge in [-0.1, -0.05) is 37.3 Å². The predicted molar refractivity (Wildman–Crippen MR) is 68.1 cm³/mol. The van der Waals surface area contributed by atoms with Crippen molar-refractivity contribution >= 4 is 9.84 Å². The van der Waals surface area contributed by atoms with Gasteiger partial charge in [-0.25, -0.2) is 8.42 Å². The Balaban J connectivity index is 3.43. The minimum Gasteiger partial charge on any atom is -0.228 e. The summed E-state index contributed by atoms with van der Waals surface area (Å²) in [5.41, 5.74) is 0.539. The first-order chi connectivity index (χ1) is 7.67. The molecular weight excluding hydrogens is 220 g/mol. The molecule has 1 rings (SSSR count). The van der Waals surface area contributed by atoms with Gasteiger partial charge < -0.3 is 0 Å². The Morgan fingerprint density at radius 3 is 2.12 bits per heavy atom. The van der Waals surface area contributed by atoms with Gasteiger partial charge in [-0.15, -0.1) is 0 Å². The van der Waals surface area contributed by atoms with Crippen molar-refractivity contribution in [2.75, 3.05) is 0 Å². The van der Waals surface area contributed by atoms with Crippen molar-refractivity contribution in [3.8, 4) is 0 Å². The zero-order chi connectivity index (χ0) is 13.3. The molecule has 0 amide bonds. The van der Waals surface area contributed by atoms with Crippen molar-refractivity contribution in [1.82, 2.24) is 0 Å². The molecule has 0 aromatic heterocycles. The fourth-order valence-electron chi connectivity index (χ4n) is 1.54. The Morgan fingerprint density at radius 1 is 1.25 bits per heavy atom. The van der Waals surface area contributed by atoms with E-state index in [1.165, 1.54) is 0 Å². The maximum absolute atomic E-state index is 12.5. The minimum absolute atomic E-state index is 0.247. The van der Waals surface area contributed by atoms with Crippen molar-refractivity contribution < 1.29 is 9.79 Å². The van der Waals surface area contributed by atoms with Crippen LogP contribution in [0.5, 0.6) is 0 Å². The molecule has 1 aromatic rings. The summed E-state index contributed by atoms with van der Waals surface area (Å²) in [6.07, 6.45) is 0.247. The molecule has 0 N–H and O–H groups in total. The summed E-state index contributed by atoms with van der Waals surface area (Å²) in [6.45, 7) is 6.67. The molecule has 0 aliphatic carbocycles. The summed E-state index contributed by atoms with van der Waals surface area (Å²) in [4.78, 5) is 0. The third-order valence-corrected chi connectivity index (χ3v) is 5.33. The topological polar surface area (TPSA) is 34.1 Å². The lowest BCUT2D eigenvalue weighted by Gasteiger charge is -2.26. The molecule has 0 saturated heterocycles. The van der Waals surface area contributed by atoms with Crippen molar-refractivity contribution in [1.29, 1.82) is 0 Å². The molecule has 16 heavy (non-hydrogen) atoms. The minimum atomic E-state index is -3.57. The molecular formula is C13H20O2S. The second kappa shape index (κ2) is 4.58. The lowest BCUT2D eigenvalue weighted by atomic mass is 10.1. The van der Waals surface area contributed by atoms with Crippen LogP contribution in [0.2, 0.25) is 0 Å². The average molecular weight is 241 g/mol. The van der Waals surface area contributed by atoms with E-state index < -0.39 is 19.8 Å². The molecule has 1 aromatic carbocycles. The monoisotopic (exact) mass is 241 g/mol. The molecule has 0 fully saturated rings. The Labute approximate surface area is 100 Å². The molecule has 2 nitrogen and oxygen atoms in total. The molecule has 90 valence electrons. The van der Waals surface area contributed by atoms with Crippen LogP contribution < -0.4 is 0 Å². The number of hydrogen-bond donors (Lipinski definition) is 0. The van der Waals surface area contributed by atoms with Crippen molar-refractivity contribution in [2.24, 2.45) is 0 Å². The van der Waals surface area contributed by atoms with E-state index in [0.717, 1.165) is 0 Å². The van der Waals surface area contributed by atoms with Gasteiger partial charge in [-0.05, 0) is 32.8 Å². The Hall–Kier alpha value is -0.830. The predicted octanol–water partition coefficient (Wildman–Crippen LogP) is 3.35. The van der Waals surface area contributed by atoms with Crippen LogP contribution in [0.4, 0.5) is 0 Å². The van der Waals surface area contributed by atoms with Crippen molar-refractivity contribution in [3.05, 3.63) is 35.9 Å².